The number of anilines is 1. The summed E-state index contributed by atoms with van der Waals surface area (Å²) in [5.41, 5.74) is 5.06. The average molecular weight is 453 g/mol. The Morgan fingerprint density at radius 2 is 1.97 bits per heavy atom. The minimum atomic E-state index is -0.185. The van der Waals surface area contributed by atoms with Crippen molar-refractivity contribution in [1.82, 2.24) is 15.2 Å². The van der Waals surface area contributed by atoms with E-state index in [1.54, 1.807) is 7.11 Å². The number of carbonyl (C=O) groups excluding carboxylic acids is 1. The van der Waals surface area contributed by atoms with E-state index in [1.165, 1.54) is 28.7 Å². The Morgan fingerprint density at radius 3 is 2.71 bits per heavy atom. The van der Waals surface area contributed by atoms with E-state index in [1.807, 2.05) is 29.6 Å². The van der Waals surface area contributed by atoms with Gasteiger partial charge in [0.2, 0.25) is 11.8 Å². The van der Waals surface area contributed by atoms with E-state index in [4.69, 9.17) is 9.15 Å². The van der Waals surface area contributed by atoms with Crippen LogP contribution in [0.1, 0.15) is 11.1 Å². The smallest absolute Gasteiger partial charge is 0.277 e. The zero-order valence-corrected chi connectivity index (χ0v) is 18.8. The molecule has 0 aliphatic heterocycles. The Hall–Kier alpha value is -3.17. The number of benzene rings is 2. The summed E-state index contributed by atoms with van der Waals surface area (Å²) in [6, 6.07) is 13.5. The maximum atomic E-state index is 12.3. The molecule has 0 bridgehead atoms. The van der Waals surface area contributed by atoms with Crippen LogP contribution < -0.4 is 10.1 Å². The van der Waals surface area contributed by atoms with Crippen LogP contribution in [-0.2, 0) is 4.79 Å². The molecule has 0 spiro atoms. The molecule has 1 amide bonds. The van der Waals surface area contributed by atoms with Crippen molar-refractivity contribution in [2.45, 2.75) is 19.1 Å². The highest BCUT2D eigenvalue weighted by atomic mass is 32.2. The molecule has 1 N–H and O–H groups in total. The number of nitrogens with one attached hydrogen (secondary N) is 1. The molecule has 0 aliphatic rings. The van der Waals surface area contributed by atoms with E-state index in [0.29, 0.717) is 16.2 Å². The van der Waals surface area contributed by atoms with Crippen LogP contribution in [0.5, 0.6) is 5.75 Å². The van der Waals surface area contributed by atoms with Crippen molar-refractivity contribution in [2.75, 3.05) is 18.2 Å². The van der Waals surface area contributed by atoms with Crippen molar-refractivity contribution >= 4 is 34.1 Å². The fourth-order valence-corrected chi connectivity index (χ4v) is 4.25. The SMILES string of the molecule is COc1ccc(-c2nnc(SCC(=O)Nc3nc(-c4ccc(C)cc4C)cs3)o2)cc1. The number of methoxy groups -OCH3 is 1. The number of thioether (sulfide) groups is 1. The van der Waals surface area contributed by atoms with Crippen LogP contribution in [0.15, 0.2) is 57.5 Å². The largest absolute Gasteiger partial charge is 0.497 e. The number of aromatic nitrogens is 3. The molecule has 158 valence electrons. The molecule has 0 fully saturated rings. The minimum Gasteiger partial charge on any atom is -0.497 e. The van der Waals surface area contributed by atoms with E-state index in [9.17, 15) is 4.79 Å². The van der Waals surface area contributed by atoms with Crippen molar-refractivity contribution in [1.29, 1.82) is 0 Å². The molecular formula is C22H20N4O3S2. The number of rotatable bonds is 7. The van der Waals surface area contributed by atoms with Gasteiger partial charge in [0, 0.05) is 16.5 Å². The fourth-order valence-electron chi connectivity index (χ4n) is 2.96. The lowest BCUT2D eigenvalue weighted by atomic mass is 10.0. The lowest BCUT2D eigenvalue weighted by Gasteiger charge is -2.03. The van der Waals surface area contributed by atoms with E-state index in [2.05, 4.69) is 52.5 Å². The number of hydrogen-bond acceptors (Lipinski definition) is 8. The molecule has 0 unspecified atom stereocenters. The zero-order valence-electron chi connectivity index (χ0n) is 17.2. The Bertz CT molecular complexity index is 1200. The van der Waals surface area contributed by atoms with Crippen molar-refractivity contribution in [3.63, 3.8) is 0 Å². The van der Waals surface area contributed by atoms with Gasteiger partial charge in [0.1, 0.15) is 5.75 Å². The topological polar surface area (TPSA) is 90.1 Å². The van der Waals surface area contributed by atoms with Crippen LogP contribution in [0.3, 0.4) is 0 Å². The van der Waals surface area contributed by atoms with Crippen molar-refractivity contribution < 1.29 is 13.9 Å². The molecule has 2 aromatic heterocycles. The highest BCUT2D eigenvalue weighted by Crippen LogP contribution is 2.29. The summed E-state index contributed by atoms with van der Waals surface area (Å²) in [6.07, 6.45) is 0. The first-order chi connectivity index (χ1) is 15.0. The van der Waals surface area contributed by atoms with E-state index in [-0.39, 0.29) is 11.7 Å². The van der Waals surface area contributed by atoms with Gasteiger partial charge < -0.3 is 14.5 Å². The van der Waals surface area contributed by atoms with Gasteiger partial charge in [0.05, 0.1) is 18.6 Å². The maximum absolute atomic E-state index is 12.3. The van der Waals surface area contributed by atoms with Crippen LogP contribution in [0.2, 0.25) is 0 Å². The third-order valence-electron chi connectivity index (χ3n) is 4.48. The third-order valence-corrected chi connectivity index (χ3v) is 6.05. The van der Waals surface area contributed by atoms with Gasteiger partial charge in [0.15, 0.2) is 5.13 Å². The van der Waals surface area contributed by atoms with Crippen LogP contribution in [-0.4, -0.2) is 34.0 Å². The Labute approximate surface area is 187 Å². The zero-order chi connectivity index (χ0) is 21.8. The quantitative estimate of drug-likeness (QED) is 0.385. The first-order valence-corrected chi connectivity index (χ1v) is 11.3. The molecule has 0 atom stereocenters. The molecule has 2 heterocycles. The van der Waals surface area contributed by atoms with Gasteiger partial charge in [0.25, 0.3) is 5.22 Å². The molecule has 7 nitrogen and oxygen atoms in total. The van der Waals surface area contributed by atoms with Crippen LogP contribution in [0.4, 0.5) is 5.13 Å². The number of thiazole rings is 1. The predicted octanol–water partition coefficient (Wildman–Crippen LogP) is 5.22. The first kappa shape index (κ1) is 21.1. The van der Waals surface area contributed by atoms with E-state index < -0.39 is 0 Å². The molecule has 0 aliphatic carbocycles. The summed E-state index contributed by atoms with van der Waals surface area (Å²) in [7, 11) is 1.61. The second kappa shape index (κ2) is 9.32. The van der Waals surface area contributed by atoms with Crippen LogP contribution >= 0.6 is 23.1 Å². The number of hydrogen-bond donors (Lipinski definition) is 1. The van der Waals surface area contributed by atoms with Gasteiger partial charge in [-0.05, 0) is 43.7 Å². The van der Waals surface area contributed by atoms with Crippen LogP contribution in [0, 0.1) is 13.8 Å². The van der Waals surface area contributed by atoms with Gasteiger partial charge in [-0.2, -0.15) is 0 Å². The first-order valence-electron chi connectivity index (χ1n) is 9.45. The summed E-state index contributed by atoms with van der Waals surface area (Å²) in [4.78, 5) is 16.9. The molecule has 2 aromatic carbocycles. The lowest BCUT2D eigenvalue weighted by molar-refractivity contribution is -0.113. The molecule has 31 heavy (non-hydrogen) atoms. The van der Waals surface area contributed by atoms with Gasteiger partial charge >= 0.3 is 0 Å². The lowest BCUT2D eigenvalue weighted by Crippen LogP contribution is -2.13. The monoisotopic (exact) mass is 452 g/mol. The number of ether oxygens (including phenoxy) is 1. The highest BCUT2D eigenvalue weighted by molar-refractivity contribution is 7.99. The Kier molecular flexibility index (Phi) is 6.34. The molecule has 9 heteroatoms. The summed E-state index contributed by atoms with van der Waals surface area (Å²) in [6.45, 7) is 4.12. The standard InChI is InChI=1S/C22H20N4O3S2/c1-13-4-9-17(14(2)10-13)18-11-30-21(23-18)24-19(27)12-31-22-26-25-20(29-22)15-5-7-16(28-3)8-6-15/h4-11H,12H2,1-3H3,(H,23,24,27). The Balaban J connectivity index is 1.34. The molecule has 0 radical (unpaired) electrons. The summed E-state index contributed by atoms with van der Waals surface area (Å²) < 4.78 is 10.8. The number of amides is 1. The number of aryl methyl sites for hydroxylation is 2. The molecule has 4 rings (SSSR count). The molecular weight excluding hydrogens is 432 g/mol. The number of nitrogens with zero attached hydrogens (tertiary/aromatic N) is 3. The third kappa shape index (κ3) is 5.12. The van der Waals surface area contributed by atoms with E-state index >= 15 is 0 Å². The Morgan fingerprint density at radius 1 is 1.16 bits per heavy atom. The second-order valence-electron chi connectivity index (χ2n) is 6.79. The van der Waals surface area contributed by atoms with Gasteiger partial charge in [-0.15, -0.1) is 21.5 Å². The highest BCUT2D eigenvalue weighted by Gasteiger charge is 2.13. The summed E-state index contributed by atoms with van der Waals surface area (Å²) in [5, 5.41) is 13.7. The van der Waals surface area contributed by atoms with Gasteiger partial charge in [-0.3, -0.25) is 4.79 Å². The van der Waals surface area contributed by atoms with Gasteiger partial charge in [-0.25, -0.2) is 4.98 Å². The summed E-state index contributed by atoms with van der Waals surface area (Å²) in [5.74, 6) is 1.10. The maximum Gasteiger partial charge on any atom is 0.277 e. The minimum absolute atomic E-state index is 0.142. The van der Waals surface area contributed by atoms with Crippen molar-refractivity contribution in [3.8, 4) is 28.5 Å². The van der Waals surface area contributed by atoms with E-state index in [0.717, 1.165) is 28.1 Å². The molecule has 4 aromatic rings. The van der Waals surface area contributed by atoms with Gasteiger partial charge in [-0.1, -0.05) is 35.5 Å². The average Bonchev–Trinajstić information content (AvgIpc) is 3.42. The van der Waals surface area contributed by atoms with Crippen LogP contribution in [0.25, 0.3) is 22.7 Å². The second-order valence-corrected chi connectivity index (χ2v) is 8.58. The predicted molar refractivity (Wildman–Crippen MR) is 123 cm³/mol. The fraction of sp³-hybridized carbons (Fsp3) is 0.182. The molecule has 0 saturated carbocycles. The van der Waals surface area contributed by atoms with Crippen molar-refractivity contribution in [2.24, 2.45) is 0 Å². The molecule has 0 saturated heterocycles. The summed E-state index contributed by atoms with van der Waals surface area (Å²) >= 11 is 2.58. The normalized spacial score (nSPS) is 10.8. The van der Waals surface area contributed by atoms with Crippen molar-refractivity contribution in [3.05, 3.63) is 59.0 Å². The number of carbonyl (C=O) groups is 1.